The summed E-state index contributed by atoms with van der Waals surface area (Å²) >= 11 is 0. The van der Waals surface area contributed by atoms with Crippen molar-refractivity contribution in [1.29, 1.82) is 0 Å². The molecule has 2 aliphatic rings. The highest BCUT2D eigenvalue weighted by atomic mass is 16.1. The van der Waals surface area contributed by atoms with Gasteiger partial charge in [0.15, 0.2) is 0 Å². The molecule has 0 saturated heterocycles. The molecule has 3 nitrogen and oxygen atoms in total. The van der Waals surface area contributed by atoms with Gasteiger partial charge in [0.2, 0.25) is 0 Å². The Balaban J connectivity index is 2.09. The summed E-state index contributed by atoms with van der Waals surface area (Å²) in [4.78, 5) is 12.1. The van der Waals surface area contributed by atoms with Crippen LogP contribution in [0.2, 0.25) is 0 Å². The van der Waals surface area contributed by atoms with E-state index in [4.69, 9.17) is 5.73 Å². The fourth-order valence-electron chi connectivity index (χ4n) is 2.85. The summed E-state index contributed by atoms with van der Waals surface area (Å²) in [5.74, 6) is 0.592. The van der Waals surface area contributed by atoms with Crippen molar-refractivity contribution in [1.82, 2.24) is 4.57 Å². The Bertz CT molecular complexity index is 453. The molecule has 2 N–H and O–H groups in total. The minimum atomic E-state index is 0.0342. The maximum atomic E-state index is 12.1. The van der Waals surface area contributed by atoms with Crippen molar-refractivity contribution in [3.05, 3.63) is 28.2 Å². The molecule has 86 valence electrons. The lowest BCUT2D eigenvalue weighted by Crippen LogP contribution is -2.26. The van der Waals surface area contributed by atoms with Crippen LogP contribution in [0.25, 0.3) is 0 Å². The predicted octanol–water partition coefficient (Wildman–Crippen LogP) is 2.42. The minimum absolute atomic E-state index is 0.0342. The van der Waals surface area contributed by atoms with Crippen molar-refractivity contribution < 1.29 is 0 Å². The van der Waals surface area contributed by atoms with Gasteiger partial charge >= 0.3 is 0 Å². The molecule has 2 saturated carbocycles. The molecule has 0 atom stereocenters. The van der Waals surface area contributed by atoms with Crippen LogP contribution in [0.3, 0.4) is 0 Å². The Morgan fingerprint density at radius 2 is 1.81 bits per heavy atom. The third-order valence-corrected chi connectivity index (χ3v) is 3.86. The van der Waals surface area contributed by atoms with Gasteiger partial charge in [-0.3, -0.25) is 4.79 Å². The van der Waals surface area contributed by atoms with Crippen LogP contribution < -0.4 is 11.3 Å². The topological polar surface area (TPSA) is 48.0 Å². The summed E-state index contributed by atoms with van der Waals surface area (Å²) in [6.07, 6.45) is 7.35. The molecule has 0 aromatic carbocycles. The lowest BCUT2D eigenvalue weighted by Gasteiger charge is -2.17. The molecule has 3 heteroatoms. The lowest BCUT2D eigenvalue weighted by molar-refractivity contribution is 0.588. The Kier molecular flexibility index (Phi) is 2.27. The second-order valence-electron chi connectivity index (χ2n) is 5.10. The van der Waals surface area contributed by atoms with Crippen LogP contribution >= 0.6 is 0 Å². The molecule has 0 radical (unpaired) electrons. The number of hydrogen-bond donors (Lipinski definition) is 1. The van der Waals surface area contributed by atoms with Crippen LogP contribution in [-0.2, 0) is 0 Å². The molecule has 1 aromatic rings. The van der Waals surface area contributed by atoms with E-state index in [0.29, 0.717) is 17.6 Å². The van der Waals surface area contributed by atoms with E-state index in [1.165, 1.54) is 31.4 Å². The Hall–Kier alpha value is -1.25. The van der Waals surface area contributed by atoms with Gasteiger partial charge in [-0.15, -0.1) is 0 Å². The zero-order chi connectivity index (χ0) is 11.1. The molecule has 0 aliphatic heterocycles. The van der Waals surface area contributed by atoms with E-state index in [9.17, 15) is 4.79 Å². The number of nitrogens with two attached hydrogens (primary N) is 1. The first-order valence-corrected chi connectivity index (χ1v) is 6.28. The third kappa shape index (κ3) is 1.55. The van der Waals surface area contributed by atoms with Crippen LogP contribution in [0.4, 0.5) is 5.69 Å². The average Bonchev–Trinajstić information content (AvgIpc) is 2.96. The van der Waals surface area contributed by atoms with Gasteiger partial charge in [0.1, 0.15) is 0 Å². The fourth-order valence-corrected chi connectivity index (χ4v) is 2.85. The lowest BCUT2D eigenvalue weighted by atomic mass is 10.0. The predicted molar refractivity (Wildman–Crippen MR) is 64.6 cm³/mol. The summed E-state index contributed by atoms with van der Waals surface area (Å²) in [6.45, 7) is 0. The van der Waals surface area contributed by atoms with Gasteiger partial charge < -0.3 is 10.3 Å². The number of aromatic nitrogens is 1. The molecule has 0 unspecified atom stereocenters. The van der Waals surface area contributed by atoms with Crippen molar-refractivity contribution >= 4 is 5.69 Å². The average molecular weight is 218 g/mol. The Morgan fingerprint density at radius 3 is 2.44 bits per heavy atom. The summed E-state index contributed by atoms with van der Waals surface area (Å²) in [6, 6.07) is 4.30. The van der Waals surface area contributed by atoms with E-state index < -0.39 is 0 Å². The van der Waals surface area contributed by atoms with Crippen molar-refractivity contribution in [2.24, 2.45) is 0 Å². The second kappa shape index (κ2) is 3.65. The third-order valence-electron chi connectivity index (χ3n) is 3.86. The van der Waals surface area contributed by atoms with Gasteiger partial charge in [-0.1, -0.05) is 12.8 Å². The van der Waals surface area contributed by atoms with Crippen LogP contribution in [0, 0.1) is 0 Å². The zero-order valence-electron chi connectivity index (χ0n) is 9.48. The molecular formula is C13H18N2O. The summed E-state index contributed by atoms with van der Waals surface area (Å²) < 4.78 is 1.98. The number of hydrogen-bond acceptors (Lipinski definition) is 2. The van der Waals surface area contributed by atoms with Gasteiger partial charge in [-0.25, -0.2) is 0 Å². The second-order valence-corrected chi connectivity index (χ2v) is 5.10. The van der Waals surface area contributed by atoms with Gasteiger partial charge in [0, 0.05) is 11.7 Å². The normalized spacial score (nSPS) is 21.5. The number of anilines is 1. The monoisotopic (exact) mass is 218 g/mol. The van der Waals surface area contributed by atoms with Crippen molar-refractivity contribution in [2.45, 2.75) is 50.5 Å². The molecule has 0 spiro atoms. The maximum Gasteiger partial charge on any atom is 0.274 e. The molecule has 2 aliphatic carbocycles. The molecule has 2 fully saturated rings. The molecule has 1 aromatic heterocycles. The van der Waals surface area contributed by atoms with E-state index in [0.717, 1.165) is 12.8 Å². The Morgan fingerprint density at radius 1 is 1.12 bits per heavy atom. The molecule has 0 amide bonds. The zero-order valence-corrected chi connectivity index (χ0v) is 9.48. The van der Waals surface area contributed by atoms with Crippen LogP contribution in [0.1, 0.15) is 56.2 Å². The number of pyridine rings is 1. The SMILES string of the molecule is Nc1ccc(C2CCCC2)n(C2CC2)c1=O. The van der Waals surface area contributed by atoms with Gasteiger partial charge in [-0.2, -0.15) is 0 Å². The van der Waals surface area contributed by atoms with Gasteiger partial charge in [0.25, 0.3) is 5.56 Å². The number of rotatable bonds is 2. The van der Waals surface area contributed by atoms with E-state index in [2.05, 4.69) is 6.07 Å². The van der Waals surface area contributed by atoms with Gasteiger partial charge in [0.05, 0.1) is 5.69 Å². The smallest absolute Gasteiger partial charge is 0.274 e. The highest BCUT2D eigenvalue weighted by Crippen LogP contribution is 2.40. The first-order valence-electron chi connectivity index (χ1n) is 6.28. The Labute approximate surface area is 95.3 Å². The van der Waals surface area contributed by atoms with E-state index in [1.807, 2.05) is 4.57 Å². The largest absolute Gasteiger partial charge is 0.394 e. The summed E-state index contributed by atoms with van der Waals surface area (Å²) in [5, 5.41) is 0. The van der Waals surface area contributed by atoms with E-state index in [-0.39, 0.29) is 5.56 Å². The molecule has 1 heterocycles. The van der Waals surface area contributed by atoms with E-state index >= 15 is 0 Å². The first kappa shape index (κ1) is 9.94. The number of nitrogen functional groups attached to an aromatic ring is 1. The number of nitrogens with zero attached hydrogens (tertiary/aromatic N) is 1. The molecule has 0 bridgehead atoms. The molecule has 3 rings (SSSR count). The molecule has 16 heavy (non-hydrogen) atoms. The van der Waals surface area contributed by atoms with Crippen LogP contribution in [-0.4, -0.2) is 4.57 Å². The fraction of sp³-hybridized carbons (Fsp3) is 0.615. The standard InChI is InChI=1S/C13H18N2O/c14-11-7-8-12(9-3-1-2-4-9)15(13(11)16)10-5-6-10/h7-10H,1-6,14H2. The van der Waals surface area contributed by atoms with Crippen LogP contribution in [0.15, 0.2) is 16.9 Å². The first-order chi connectivity index (χ1) is 7.77. The van der Waals surface area contributed by atoms with Crippen molar-refractivity contribution in [3.8, 4) is 0 Å². The minimum Gasteiger partial charge on any atom is -0.394 e. The summed E-state index contributed by atoms with van der Waals surface area (Å²) in [5.41, 5.74) is 7.39. The highest BCUT2D eigenvalue weighted by molar-refractivity contribution is 5.37. The quantitative estimate of drug-likeness (QED) is 0.828. The van der Waals surface area contributed by atoms with Crippen molar-refractivity contribution in [3.63, 3.8) is 0 Å². The van der Waals surface area contributed by atoms with Crippen LogP contribution in [0.5, 0.6) is 0 Å². The van der Waals surface area contributed by atoms with Crippen molar-refractivity contribution in [2.75, 3.05) is 5.73 Å². The maximum absolute atomic E-state index is 12.1. The van der Waals surface area contributed by atoms with Gasteiger partial charge in [-0.05, 0) is 43.7 Å². The summed E-state index contributed by atoms with van der Waals surface area (Å²) in [7, 11) is 0. The molecular weight excluding hydrogens is 200 g/mol. The van der Waals surface area contributed by atoms with E-state index in [1.54, 1.807) is 6.07 Å². The highest BCUT2D eigenvalue weighted by Gasteiger charge is 2.30.